The summed E-state index contributed by atoms with van der Waals surface area (Å²) in [4.78, 5) is 17.9. The van der Waals surface area contributed by atoms with E-state index in [4.69, 9.17) is 11.6 Å². The first-order valence-corrected chi connectivity index (χ1v) is 6.44. The number of urea groups is 1. The predicted octanol–water partition coefficient (Wildman–Crippen LogP) is 2.19. The number of anilines is 2. The minimum Gasteiger partial charge on any atom is -0.366 e. The van der Waals surface area contributed by atoms with Gasteiger partial charge in [-0.2, -0.15) is 9.98 Å². The number of nitrogens with zero attached hydrogens (tertiary/aromatic N) is 2. The lowest BCUT2D eigenvalue weighted by Crippen LogP contribution is -2.19. The van der Waals surface area contributed by atoms with Crippen LogP contribution in [0.25, 0.3) is 0 Å². The molecule has 0 aliphatic carbocycles. The van der Waals surface area contributed by atoms with Crippen molar-refractivity contribution >= 4 is 29.0 Å². The second-order valence-electron chi connectivity index (χ2n) is 4.22. The second-order valence-corrected chi connectivity index (χ2v) is 4.65. The zero-order valence-electron chi connectivity index (χ0n) is 10.4. The average molecular weight is 287 g/mol. The molecule has 100 valence electrons. The molecule has 6 heteroatoms. The molecule has 2 aliphatic heterocycles. The smallest absolute Gasteiger partial charge is 0.366 e. The third-order valence-electron chi connectivity index (χ3n) is 2.85. The fourth-order valence-electron chi connectivity index (χ4n) is 1.94. The molecular formula is C14H11ClN4O. The van der Waals surface area contributed by atoms with E-state index in [2.05, 4.69) is 20.6 Å². The Morgan fingerprint density at radius 1 is 0.950 bits per heavy atom. The van der Waals surface area contributed by atoms with Gasteiger partial charge in [-0.05, 0) is 30.3 Å². The Kier molecular flexibility index (Phi) is 3.35. The summed E-state index contributed by atoms with van der Waals surface area (Å²) in [5.41, 5.74) is 2.22. The highest BCUT2D eigenvalue weighted by Crippen LogP contribution is 2.28. The van der Waals surface area contributed by atoms with Crippen LogP contribution < -0.4 is 21.3 Å². The molecular weight excluding hydrogens is 276 g/mol. The first-order chi connectivity index (χ1) is 9.72. The molecule has 4 rings (SSSR count). The van der Waals surface area contributed by atoms with Crippen molar-refractivity contribution in [2.24, 2.45) is 9.98 Å². The highest BCUT2D eigenvalue weighted by atomic mass is 35.5. The van der Waals surface area contributed by atoms with Gasteiger partial charge in [-0.3, -0.25) is 0 Å². The maximum absolute atomic E-state index is 10.6. The lowest BCUT2D eigenvalue weighted by atomic mass is 10.3. The summed E-state index contributed by atoms with van der Waals surface area (Å²) in [6.45, 7) is 0.801. The van der Waals surface area contributed by atoms with Gasteiger partial charge in [0.25, 0.3) is 0 Å². The number of amides is 2. The summed E-state index contributed by atoms with van der Waals surface area (Å²) >= 11 is 5.76. The molecule has 2 aromatic carbocycles. The van der Waals surface area contributed by atoms with Crippen LogP contribution in [0.4, 0.5) is 16.2 Å². The molecule has 0 unspecified atom stereocenters. The Morgan fingerprint density at radius 2 is 1.60 bits per heavy atom. The number of benzene rings is 2. The summed E-state index contributed by atoms with van der Waals surface area (Å²) < 4.78 is 0. The zero-order chi connectivity index (χ0) is 13.9. The number of halogens is 1. The number of hydrogen-bond acceptors (Lipinski definition) is 3. The van der Waals surface area contributed by atoms with E-state index in [9.17, 15) is 4.79 Å². The van der Waals surface area contributed by atoms with Crippen molar-refractivity contribution < 1.29 is 4.79 Å². The van der Waals surface area contributed by atoms with E-state index in [1.165, 1.54) is 0 Å². The fourth-order valence-corrected chi connectivity index (χ4v) is 2.11. The SMILES string of the molecule is Clc1ccc2c(c1)NCN2.O=C1N=c2ccccc2=N1. The van der Waals surface area contributed by atoms with Gasteiger partial charge in [-0.1, -0.05) is 23.7 Å². The van der Waals surface area contributed by atoms with Crippen molar-refractivity contribution in [3.63, 3.8) is 0 Å². The van der Waals surface area contributed by atoms with Crippen LogP contribution >= 0.6 is 11.6 Å². The van der Waals surface area contributed by atoms with Crippen LogP contribution in [0.15, 0.2) is 52.4 Å². The van der Waals surface area contributed by atoms with Gasteiger partial charge in [-0.25, -0.2) is 4.79 Å². The summed E-state index contributed by atoms with van der Waals surface area (Å²) in [5.74, 6) is 0. The number of carbonyl (C=O) groups excluding carboxylic acids is 1. The number of fused-ring (bicyclic) bond motifs is 2. The van der Waals surface area contributed by atoms with Gasteiger partial charge in [0, 0.05) is 5.02 Å². The maximum Gasteiger partial charge on any atom is 0.368 e. The summed E-state index contributed by atoms with van der Waals surface area (Å²) in [6.07, 6.45) is 0. The lowest BCUT2D eigenvalue weighted by Gasteiger charge is -1.96. The predicted molar refractivity (Wildman–Crippen MR) is 77.7 cm³/mol. The van der Waals surface area contributed by atoms with Crippen LogP contribution in [0, 0.1) is 0 Å². The third kappa shape index (κ3) is 2.62. The van der Waals surface area contributed by atoms with E-state index in [1.807, 2.05) is 30.3 Å². The van der Waals surface area contributed by atoms with E-state index in [0.717, 1.165) is 23.1 Å². The van der Waals surface area contributed by atoms with Crippen molar-refractivity contribution in [3.05, 3.63) is 58.2 Å². The highest BCUT2D eigenvalue weighted by molar-refractivity contribution is 6.31. The van der Waals surface area contributed by atoms with Crippen molar-refractivity contribution in [1.82, 2.24) is 0 Å². The summed E-state index contributed by atoms with van der Waals surface area (Å²) in [7, 11) is 0. The second kappa shape index (κ2) is 5.30. The van der Waals surface area contributed by atoms with E-state index in [0.29, 0.717) is 10.7 Å². The standard InChI is InChI=1S/C7H7ClN2.C7H4N2O/c8-5-1-2-6-7(3-5)10-4-9-6;10-7-8-5-3-1-2-4-6(5)9-7/h1-3,9-10H,4H2;1-4H. The molecule has 2 amide bonds. The van der Waals surface area contributed by atoms with Gasteiger partial charge in [0.2, 0.25) is 0 Å². The quantitative estimate of drug-likeness (QED) is 0.780. The molecule has 0 fully saturated rings. The van der Waals surface area contributed by atoms with Crippen LogP contribution in [-0.2, 0) is 0 Å². The van der Waals surface area contributed by atoms with Gasteiger partial charge in [0.05, 0.1) is 28.8 Å². The topological polar surface area (TPSA) is 65.8 Å². The zero-order valence-corrected chi connectivity index (χ0v) is 11.2. The van der Waals surface area contributed by atoms with Gasteiger partial charge < -0.3 is 10.6 Å². The van der Waals surface area contributed by atoms with Crippen LogP contribution in [0.5, 0.6) is 0 Å². The third-order valence-corrected chi connectivity index (χ3v) is 3.09. The molecule has 2 aliphatic rings. The molecule has 20 heavy (non-hydrogen) atoms. The van der Waals surface area contributed by atoms with E-state index in [1.54, 1.807) is 12.1 Å². The van der Waals surface area contributed by atoms with E-state index < -0.39 is 6.03 Å². The number of hydrogen-bond donors (Lipinski definition) is 2. The molecule has 0 saturated carbocycles. The Balaban J connectivity index is 0.000000121. The molecule has 5 nitrogen and oxygen atoms in total. The Labute approximate surface area is 120 Å². The average Bonchev–Trinajstić information content (AvgIpc) is 3.03. The molecule has 0 spiro atoms. The molecule has 0 bridgehead atoms. The van der Waals surface area contributed by atoms with E-state index in [-0.39, 0.29) is 0 Å². The highest BCUT2D eigenvalue weighted by Gasteiger charge is 2.07. The number of nitrogens with one attached hydrogen (secondary N) is 2. The molecule has 2 aromatic rings. The first kappa shape index (κ1) is 12.6. The van der Waals surface area contributed by atoms with Crippen LogP contribution in [0.3, 0.4) is 0 Å². The maximum atomic E-state index is 10.6. The van der Waals surface area contributed by atoms with E-state index >= 15 is 0 Å². The van der Waals surface area contributed by atoms with Gasteiger partial charge in [0.15, 0.2) is 0 Å². The molecule has 2 heterocycles. The molecule has 2 N–H and O–H groups in total. The van der Waals surface area contributed by atoms with Crippen LogP contribution in [0.2, 0.25) is 5.02 Å². The minimum absolute atomic E-state index is 0.402. The molecule has 0 saturated heterocycles. The Bertz CT molecular complexity index is 751. The van der Waals surface area contributed by atoms with Crippen molar-refractivity contribution in [2.75, 3.05) is 17.3 Å². The van der Waals surface area contributed by atoms with Gasteiger partial charge >= 0.3 is 6.03 Å². The van der Waals surface area contributed by atoms with Crippen molar-refractivity contribution in [2.45, 2.75) is 0 Å². The normalized spacial score (nSPS) is 13.8. The summed E-state index contributed by atoms with van der Waals surface area (Å²) in [6, 6.07) is 12.6. The minimum atomic E-state index is -0.402. The number of rotatable bonds is 0. The monoisotopic (exact) mass is 286 g/mol. The summed E-state index contributed by atoms with van der Waals surface area (Å²) in [5, 5.41) is 8.42. The Morgan fingerprint density at radius 3 is 2.30 bits per heavy atom. The fraction of sp³-hybridized carbons (Fsp3) is 0.0714. The van der Waals surface area contributed by atoms with Gasteiger partial charge in [-0.15, -0.1) is 0 Å². The van der Waals surface area contributed by atoms with Gasteiger partial charge in [0.1, 0.15) is 0 Å². The molecule has 0 radical (unpaired) electrons. The molecule has 0 atom stereocenters. The lowest BCUT2D eigenvalue weighted by molar-refractivity contribution is 0.256. The van der Waals surface area contributed by atoms with Crippen molar-refractivity contribution in [1.29, 1.82) is 0 Å². The number of para-hydroxylation sites is 2. The Hall–Kier alpha value is -2.40. The molecule has 0 aromatic heterocycles. The number of carbonyl (C=O) groups is 1. The van der Waals surface area contributed by atoms with Crippen molar-refractivity contribution in [3.8, 4) is 0 Å². The largest absolute Gasteiger partial charge is 0.368 e. The van der Waals surface area contributed by atoms with Crippen LogP contribution in [0.1, 0.15) is 0 Å². The first-order valence-electron chi connectivity index (χ1n) is 6.06. The van der Waals surface area contributed by atoms with Crippen LogP contribution in [-0.4, -0.2) is 12.7 Å².